The van der Waals surface area contributed by atoms with Crippen molar-refractivity contribution in [3.8, 4) is 0 Å². The van der Waals surface area contributed by atoms with E-state index in [0.29, 0.717) is 12.8 Å². The summed E-state index contributed by atoms with van der Waals surface area (Å²) in [6, 6.07) is 0. The Kier molecular flexibility index (Phi) is 5.51. The lowest BCUT2D eigenvalue weighted by molar-refractivity contribution is -0.117. The highest BCUT2D eigenvalue weighted by Crippen LogP contribution is 2.42. The molecule has 4 atom stereocenters. The van der Waals surface area contributed by atoms with E-state index in [1.54, 1.807) is 0 Å². The molecule has 0 radical (unpaired) electrons. The van der Waals surface area contributed by atoms with Crippen LogP contribution in [0.3, 0.4) is 0 Å². The Hall–Kier alpha value is -1.35. The van der Waals surface area contributed by atoms with Crippen LogP contribution in [0.25, 0.3) is 0 Å². The molecule has 124 valence electrons. The molecule has 0 saturated carbocycles. The number of hydrogen-bond donors (Lipinski definition) is 0. The van der Waals surface area contributed by atoms with Crippen LogP contribution >= 0.6 is 11.8 Å². The van der Waals surface area contributed by atoms with Gasteiger partial charge in [0.1, 0.15) is 0 Å². The van der Waals surface area contributed by atoms with E-state index < -0.39 is 0 Å². The first-order chi connectivity index (χ1) is 10.7. The van der Waals surface area contributed by atoms with Crippen LogP contribution < -0.4 is 0 Å². The van der Waals surface area contributed by atoms with Gasteiger partial charge >= 0.3 is 0 Å². The monoisotopic (exact) mass is 330 g/mol. The molecular weight excluding hydrogens is 304 g/mol. The maximum absolute atomic E-state index is 12.0. The van der Waals surface area contributed by atoms with Gasteiger partial charge in [-0.05, 0) is 38.8 Å². The van der Waals surface area contributed by atoms with E-state index in [1.807, 2.05) is 39.5 Å². The molecule has 0 aromatic heterocycles. The maximum Gasteiger partial charge on any atom is 0.158 e. The Morgan fingerprint density at radius 1 is 0.913 bits per heavy atom. The summed E-state index contributed by atoms with van der Waals surface area (Å²) in [6.45, 7) is 16.0. The number of Topliss-reactive ketones (excluding diaryl/α,β-unsaturated/α-hetero) is 2. The number of ketones is 2. The zero-order valence-corrected chi connectivity index (χ0v) is 15.3. The van der Waals surface area contributed by atoms with E-state index in [-0.39, 0.29) is 33.9 Å². The lowest BCUT2D eigenvalue weighted by atomic mass is 9.84. The first-order valence-electron chi connectivity index (χ1n) is 8.10. The molecule has 0 bridgehead atoms. The summed E-state index contributed by atoms with van der Waals surface area (Å²) in [5.74, 6) is 0.787. The van der Waals surface area contributed by atoms with Gasteiger partial charge in [0.15, 0.2) is 11.6 Å². The summed E-state index contributed by atoms with van der Waals surface area (Å²) < 4.78 is 0. The molecule has 0 amide bonds. The summed E-state index contributed by atoms with van der Waals surface area (Å²) in [5, 5.41) is 0.462. The Bertz CT molecular complexity index is 570. The van der Waals surface area contributed by atoms with Gasteiger partial charge in [-0.2, -0.15) is 0 Å². The van der Waals surface area contributed by atoms with Crippen molar-refractivity contribution >= 4 is 23.3 Å². The number of carbonyl (C=O) groups is 2. The standard InChI is InChI=1S/C20H26O2S/c1-11(2)15-9-17(21)13(5)7-19(15)23-20-8-14(6)18(22)10-16(20)12(3)4/h7-8,15-16,19-20H,1,3,9-10H2,2,4-6H3. The van der Waals surface area contributed by atoms with E-state index in [2.05, 4.69) is 25.3 Å². The van der Waals surface area contributed by atoms with Gasteiger partial charge in [0.05, 0.1) is 0 Å². The highest BCUT2D eigenvalue weighted by Gasteiger charge is 2.35. The second kappa shape index (κ2) is 7.04. The van der Waals surface area contributed by atoms with Gasteiger partial charge in [-0.3, -0.25) is 9.59 Å². The first kappa shape index (κ1) is 18.0. The van der Waals surface area contributed by atoms with Crippen molar-refractivity contribution in [1.82, 2.24) is 0 Å². The molecule has 0 aliphatic heterocycles. The lowest BCUT2D eigenvalue weighted by Gasteiger charge is -2.35. The summed E-state index contributed by atoms with van der Waals surface area (Å²) in [6.07, 6.45) is 5.26. The van der Waals surface area contributed by atoms with Crippen molar-refractivity contribution in [2.24, 2.45) is 11.8 Å². The second-order valence-corrected chi connectivity index (χ2v) is 8.29. The fourth-order valence-corrected chi connectivity index (χ4v) is 5.19. The molecule has 0 fully saturated rings. The van der Waals surface area contributed by atoms with Crippen LogP contribution in [0.5, 0.6) is 0 Å². The normalized spacial score (nSPS) is 31.5. The second-order valence-electron chi connectivity index (χ2n) is 6.92. The van der Waals surface area contributed by atoms with Crippen LogP contribution in [0.1, 0.15) is 40.5 Å². The summed E-state index contributed by atoms with van der Waals surface area (Å²) in [5.41, 5.74) is 3.80. The van der Waals surface area contributed by atoms with Crippen molar-refractivity contribution in [2.75, 3.05) is 0 Å². The Labute approximate surface area is 143 Å². The molecule has 0 aromatic carbocycles. The average molecular weight is 330 g/mol. The smallest absolute Gasteiger partial charge is 0.158 e. The fraction of sp³-hybridized carbons (Fsp3) is 0.500. The van der Waals surface area contributed by atoms with Crippen LogP contribution in [0.2, 0.25) is 0 Å². The van der Waals surface area contributed by atoms with Gasteiger partial charge in [0, 0.05) is 35.2 Å². The fourth-order valence-electron chi connectivity index (χ4n) is 3.22. The number of hydrogen-bond acceptors (Lipinski definition) is 3. The Morgan fingerprint density at radius 2 is 1.26 bits per heavy atom. The molecule has 23 heavy (non-hydrogen) atoms. The zero-order chi connectivity index (χ0) is 17.3. The van der Waals surface area contributed by atoms with Gasteiger partial charge in [0.25, 0.3) is 0 Å². The zero-order valence-electron chi connectivity index (χ0n) is 14.5. The van der Waals surface area contributed by atoms with E-state index in [0.717, 1.165) is 22.3 Å². The number of carbonyl (C=O) groups excluding carboxylic acids is 2. The van der Waals surface area contributed by atoms with Crippen molar-refractivity contribution in [3.63, 3.8) is 0 Å². The largest absolute Gasteiger partial charge is 0.295 e. The molecule has 4 unspecified atom stereocenters. The van der Waals surface area contributed by atoms with Gasteiger partial charge in [-0.25, -0.2) is 0 Å². The third kappa shape index (κ3) is 3.95. The minimum atomic E-state index is 0.174. The van der Waals surface area contributed by atoms with E-state index >= 15 is 0 Å². The molecule has 3 heteroatoms. The van der Waals surface area contributed by atoms with Crippen molar-refractivity contribution in [1.29, 1.82) is 0 Å². The maximum atomic E-state index is 12.0. The molecule has 2 aliphatic rings. The van der Waals surface area contributed by atoms with Gasteiger partial charge in [-0.1, -0.05) is 36.5 Å². The van der Waals surface area contributed by atoms with Crippen molar-refractivity contribution in [3.05, 3.63) is 47.6 Å². The SMILES string of the molecule is C=C(C)C1CC(=O)C(C)=CC1SC1C=C(C)C(=O)CC1C(=C)C. The summed E-state index contributed by atoms with van der Waals surface area (Å²) in [7, 11) is 0. The van der Waals surface area contributed by atoms with Crippen LogP contribution in [-0.2, 0) is 9.59 Å². The topological polar surface area (TPSA) is 34.1 Å². The van der Waals surface area contributed by atoms with Crippen LogP contribution in [0, 0.1) is 11.8 Å². The molecule has 2 rings (SSSR count). The number of thioether (sulfide) groups is 1. The molecule has 0 spiro atoms. The Balaban J connectivity index is 2.30. The quantitative estimate of drug-likeness (QED) is 0.702. The number of rotatable bonds is 4. The van der Waals surface area contributed by atoms with Crippen LogP contribution in [-0.4, -0.2) is 22.1 Å². The minimum absolute atomic E-state index is 0.174. The molecule has 0 heterocycles. The van der Waals surface area contributed by atoms with Crippen molar-refractivity contribution < 1.29 is 9.59 Å². The molecule has 0 aromatic rings. The third-order valence-electron chi connectivity index (χ3n) is 4.89. The molecular formula is C20H26O2S. The van der Waals surface area contributed by atoms with Gasteiger partial charge in [-0.15, -0.1) is 11.8 Å². The van der Waals surface area contributed by atoms with E-state index in [1.165, 1.54) is 0 Å². The van der Waals surface area contributed by atoms with Crippen LogP contribution in [0.4, 0.5) is 0 Å². The summed E-state index contributed by atoms with van der Waals surface area (Å²) >= 11 is 1.85. The third-order valence-corrected chi connectivity index (χ3v) is 6.45. The molecule has 0 N–H and O–H groups in total. The van der Waals surface area contributed by atoms with Crippen molar-refractivity contribution in [2.45, 2.75) is 51.0 Å². The molecule has 2 aliphatic carbocycles. The molecule has 2 nitrogen and oxygen atoms in total. The first-order valence-corrected chi connectivity index (χ1v) is 9.04. The highest BCUT2D eigenvalue weighted by molar-refractivity contribution is 8.00. The minimum Gasteiger partial charge on any atom is -0.295 e. The number of allylic oxidation sites excluding steroid dienone is 4. The predicted molar refractivity (Wildman–Crippen MR) is 98.5 cm³/mol. The van der Waals surface area contributed by atoms with Crippen LogP contribution in [0.15, 0.2) is 47.6 Å². The molecule has 0 saturated heterocycles. The van der Waals surface area contributed by atoms with Gasteiger partial charge < -0.3 is 0 Å². The highest BCUT2D eigenvalue weighted by atomic mass is 32.2. The van der Waals surface area contributed by atoms with E-state index in [4.69, 9.17) is 0 Å². The summed E-state index contributed by atoms with van der Waals surface area (Å²) in [4.78, 5) is 24.0. The van der Waals surface area contributed by atoms with Gasteiger partial charge in [0.2, 0.25) is 0 Å². The average Bonchev–Trinajstić information content (AvgIpc) is 2.45. The van der Waals surface area contributed by atoms with E-state index in [9.17, 15) is 9.59 Å². The predicted octanol–water partition coefficient (Wildman–Crippen LogP) is 4.68. The lowest BCUT2D eigenvalue weighted by Crippen LogP contribution is -2.32. The Morgan fingerprint density at radius 3 is 1.57 bits per heavy atom.